The molecule has 0 atom stereocenters. The summed E-state index contributed by atoms with van der Waals surface area (Å²) in [4.78, 5) is 29.6. The van der Waals surface area contributed by atoms with E-state index in [2.05, 4.69) is 40.5 Å². The Balaban J connectivity index is 0.00000422. The Morgan fingerprint density at radius 2 is 0.935 bits per heavy atom. The maximum absolute atomic E-state index is 12.7. The van der Waals surface area contributed by atoms with Gasteiger partial charge in [0.2, 0.25) is 0 Å². The normalized spacial score (nSPS) is 11.8. The Morgan fingerprint density at radius 3 is 1.27 bits per heavy atom. The van der Waals surface area contributed by atoms with Crippen LogP contribution in [0, 0.1) is 0 Å². The minimum Gasteiger partial charge on any atom is 0 e. The summed E-state index contributed by atoms with van der Waals surface area (Å²) in [5.41, 5.74) is 1.55. The molecule has 6 N–H and O–H groups in total. The number of aliphatic hydroxyl groups excluding tert-OH is 2. The monoisotopic (exact) mass is 1020 g/mol. The predicted octanol–water partition coefficient (Wildman–Crippen LogP) is -0.387. The molecule has 0 aliphatic rings. The number of benzene rings is 4. The van der Waals surface area contributed by atoms with Crippen LogP contribution in [-0.2, 0) is 20.2 Å². The molecule has 6 rings (SSSR count). The van der Waals surface area contributed by atoms with Gasteiger partial charge in [-0.2, -0.15) is 0 Å². The molecule has 0 fully saturated rings. The first-order valence-corrected chi connectivity index (χ1v) is 24.5. The van der Waals surface area contributed by atoms with Crippen LogP contribution in [0.25, 0.3) is 12.2 Å². The number of nitrogens with zero attached hydrogens (tertiary/aromatic N) is 8. The third-order valence-electron chi connectivity index (χ3n) is 8.29. The second-order valence-corrected chi connectivity index (χ2v) is 20.3. The zero-order valence-corrected chi connectivity index (χ0v) is 43.3. The Morgan fingerprint density at radius 1 is 0.565 bits per heavy atom. The quantitative estimate of drug-likeness (QED) is 0.0364. The molecule has 4 aromatic carbocycles. The van der Waals surface area contributed by atoms with E-state index in [1.54, 1.807) is 36.0 Å². The number of hydrogen-bond donors (Lipinski definition) is 6. The second-order valence-electron chi connectivity index (χ2n) is 12.7. The summed E-state index contributed by atoms with van der Waals surface area (Å²) in [5, 5.41) is 25.3. The molecule has 0 unspecified atom stereocenters. The minimum absolute atomic E-state index is 0. The SMILES string of the molecule is CN(CCO)c1nc(Nc2ccccc2)nc([As]c2ccc(C=Cc3ccc([As]c4nc(Nc5ccccc5)nc(N(C)CCO)n4)cc3S(=O)(=O)O)c(S(=O)(=O)O)c2)n1.[Na].[Na]. The van der Waals surface area contributed by atoms with Crippen LogP contribution in [0.3, 0.4) is 0 Å². The van der Waals surface area contributed by atoms with Crippen LogP contribution < -0.4 is 38.4 Å². The summed E-state index contributed by atoms with van der Waals surface area (Å²) >= 11 is -2.13. The van der Waals surface area contributed by atoms with Crippen molar-refractivity contribution in [3.8, 4) is 0 Å². The molecule has 0 aliphatic heterocycles. The number of aliphatic hydroxyl groups is 2. The zero-order valence-electron chi connectivity index (χ0n) is 33.9. The van der Waals surface area contributed by atoms with Gasteiger partial charge in [-0.05, 0) is 0 Å². The molecule has 4 radical (unpaired) electrons. The first-order chi connectivity index (χ1) is 28.7. The van der Waals surface area contributed by atoms with Gasteiger partial charge in [0.15, 0.2) is 0 Å². The van der Waals surface area contributed by atoms with E-state index in [0.717, 1.165) is 11.4 Å². The summed E-state index contributed by atoms with van der Waals surface area (Å²) in [6.07, 6.45) is 2.65. The van der Waals surface area contributed by atoms with E-state index in [1.807, 2.05) is 60.7 Å². The van der Waals surface area contributed by atoms with Gasteiger partial charge >= 0.3 is 362 Å². The van der Waals surface area contributed by atoms with Crippen LogP contribution in [0.5, 0.6) is 0 Å². The summed E-state index contributed by atoms with van der Waals surface area (Å²) in [6, 6.07) is 27.3. The molecule has 0 saturated carbocycles. The molecular formula is C38H38As2N10Na2O8S2. The fourth-order valence-electron chi connectivity index (χ4n) is 5.38. The minimum atomic E-state index is -4.79. The molecule has 18 nitrogen and oxygen atoms in total. The van der Waals surface area contributed by atoms with Gasteiger partial charge in [-0.15, -0.1) is 0 Å². The summed E-state index contributed by atoms with van der Waals surface area (Å²) in [7, 11) is -6.16. The van der Waals surface area contributed by atoms with Gasteiger partial charge in [-0.3, -0.25) is 0 Å². The maximum Gasteiger partial charge on any atom is 0 e. The molecular weight excluding hydrogens is 984 g/mol. The first kappa shape index (κ1) is 51.3. The van der Waals surface area contributed by atoms with Crippen molar-refractivity contribution in [2.75, 3.05) is 60.8 Å². The van der Waals surface area contributed by atoms with Crippen molar-refractivity contribution in [2.45, 2.75) is 9.79 Å². The van der Waals surface area contributed by atoms with Crippen molar-refractivity contribution >= 4 is 176 Å². The Hall–Kier alpha value is -3.30. The average molecular weight is 1020 g/mol. The number of rotatable bonds is 18. The smallest absolute Gasteiger partial charge is 0 e. The summed E-state index contributed by atoms with van der Waals surface area (Å²) in [5.74, 6) is 1.06. The van der Waals surface area contributed by atoms with E-state index in [9.17, 15) is 36.2 Å². The molecule has 0 aliphatic carbocycles. The standard InChI is InChI=1S/C38H38As2N10O8S2.2Na/c1-49(19-21-51)37-45-33(43-35(47-37)41-29-9-5-3-6-10-29)39-27-17-15-25(31(23-27)59(53,54)55)13-14-26-16-18-28(24-32(26)60(56,57)58)40-34-44-36(42-30-11-7-4-8-12-30)48-38(46-34)50(2)20-22-52;;/h3-18,23-24,51-52H,19-22H2,1-2H3,(H,53,54,55)(H,56,57,58)(H,41,43,45,47)(H,42,44,46,48);;. The molecule has 62 heavy (non-hydrogen) atoms. The van der Waals surface area contributed by atoms with Crippen LogP contribution >= 0.6 is 0 Å². The summed E-state index contributed by atoms with van der Waals surface area (Å²) in [6.45, 7) is 0.215. The number of para-hydroxylation sites is 2. The van der Waals surface area contributed by atoms with Crippen molar-refractivity contribution in [2.24, 2.45) is 0 Å². The Labute approximate surface area is 416 Å². The Bertz CT molecular complexity index is 2530. The molecule has 0 bridgehead atoms. The molecule has 6 aromatic rings. The van der Waals surface area contributed by atoms with Crippen molar-refractivity contribution in [1.82, 2.24) is 29.9 Å². The number of nitrogens with one attached hydrogen (secondary N) is 2. The van der Waals surface area contributed by atoms with Crippen molar-refractivity contribution in [1.29, 1.82) is 0 Å². The summed E-state index contributed by atoms with van der Waals surface area (Å²) < 4.78 is 73.1. The molecule has 2 heterocycles. The molecule has 0 spiro atoms. The maximum atomic E-state index is 12.7. The zero-order chi connectivity index (χ0) is 42.9. The van der Waals surface area contributed by atoms with Gasteiger partial charge < -0.3 is 0 Å². The fraction of sp³-hybridized carbons (Fsp3) is 0.158. The van der Waals surface area contributed by atoms with Gasteiger partial charge in [-0.1, -0.05) is 0 Å². The van der Waals surface area contributed by atoms with Gasteiger partial charge in [0.25, 0.3) is 0 Å². The van der Waals surface area contributed by atoms with Crippen LogP contribution in [0.4, 0.5) is 35.2 Å². The van der Waals surface area contributed by atoms with Crippen LogP contribution in [-0.4, -0.2) is 197 Å². The van der Waals surface area contributed by atoms with Crippen molar-refractivity contribution in [3.05, 3.63) is 108 Å². The van der Waals surface area contributed by atoms with Crippen molar-refractivity contribution in [3.63, 3.8) is 0 Å². The van der Waals surface area contributed by atoms with E-state index in [4.69, 9.17) is 0 Å². The van der Waals surface area contributed by atoms with E-state index in [1.165, 1.54) is 36.4 Å². The average Bonchev–Trinajstić information content (AvgIpc) is 3.20. The Kier molecular flexibility index (Phi) is 19.5. The van der Waals surface area contributed by atoms with Crippen LogP contribution in [0.2, 0.25) is 0 Å². The van der Waals surface area contributed by atoms with E-state index in [0.29, 0.717) is 17.9 Å². The van der Waals surface area contributed by atoms with Gasteiger partial charge in [0.05, 0.1) is 0 Å². The largest absolute Gasteiger partial charge is 0 e. The predicted molar refractivity (Wildman–Crippen MR) is 243 cm³/mol. The number of likely N-dealkylation sites (N-methyl/N-ethyl adjacent to an activating group) is 2. The van der Waals surface area contributed by atoms with E-state index >= 15 is 0 Å². The number of aromatic nitrogens is 6. The third-order valence-corrected chi connectivity index (χ3v) is 14.0. The number of anilines is 6. The van der Waals surface area contributed by atoms with Gasteiger partial charge in [-0.25, -0.2) is 0 Å². The van der Waals surface area contributed by atoms with Crippen LogP contribution in [0.1, 0.15) is 11.1 Å². The number of hydrogen-bond acceptors (Lipinski definition) is 16. The molecule has 24 heteroatoms. The third kappa shape index (κ3) is 14.6. The van der Waals surface area contributed by atoms with E-state index in [-0.39, 0.29) is 120 Å². The molecule has 312 valence electrons. The second kappa shape index (κ2) is 23.6. The van der Waals surface area contributed by atoms with Crippen molar-refractivity contribution < 1.29 is 36.2 Å². The first-order valence-electron chi connectivity index (χ1n) is 17.8. The molecule has 0 amide bonds. The topological polar surface area (TPSA) is 257 Å². The molecule has 2 aromatic heterocycles. The fourth-order valence-corrected chi connectivity index (χ4v) is 10.8. The van der Waals surface area contributed by atoms with Gasteiger partial charge in [0, 0.05) is 59.1 Å². The van der Waals surface area contributed by atoms with Crippen LogP contribution in [0.15, 0.2) is 107 Å². The van der Waals surface area contributed by atoms with E-state index < -0.39 is 61.5 Å². The molecule has 0 saturated heterocycles. The van der Waals surface area contributed by atoms with Gasteiger partial charge in [0.1, 0.15) is 0 Å².